The minimum atomic E-state index is -3.06. The third kappa shape index (κ3) is 6.16. The van der Waals surface area contributed by atoms with E-state index in [9.17, 15) is 9.59 Å². The molecular formula is C36H43F2N5O2S. The molecule has 4 N–H and O–H groups in total. The Kier molecular flexibility index (Phi) is 9.19. The monoisotopic (exact) mass is 647 g/mol. The van der Waals surface area contributed by atoms with Gasteiger partial charge in [0.05, 0.1) is 18.5 Å². The van der Waals surface area contributed by atoms with Crippen LogP contribution in [0, 0.1) is 23.2 Å². The average Bonchev–Trinajstić information content (AvgIpc) is 3.80. The predicted octanol–water partition coefficient (Wildman–Crippen LogP) is 6.51. The summed E-state index contributed by atoms with van der Waals surface area (Å²) in [5, 5.41) is 19.0. The number of thiophene rings is 1. The smallest absolute Gasteiger partial charge is 0.299 e. The van der Waals surface area contributed by atoms with Crippen molar-refractivity contribution in [3.8, 4) is 0 Å². The van der Waals surface area contributed by atoms with Crippen molar-refractivity contribution < 1.29 is 18.4 Å². The fourth-order valence-corrected chi connectivity index (χ4v) is 8.54. The minimum absolute atomic E-state index is 0.0147. The van der Waals surface area contributed by atoms with E-state index < -0.39 is 17.9 Å². The van der Waals surface area contributed by atoms with Gasteiger partial charge in [0.25, 0.3) is 5.92 Å². The summed E-state index contributed by atoms with van der Waals surface area (Å²) in [6, 6.07) is 7.81. The average molecular weight is 648 g/mol. The lowest BCUT2D eigenvalue weighted by Crippen LogP contribution is -2.45. The molecule has 1 aromatic heterocycles. The van der Waals surface area contributed by atoms with E-state index in [2.05, 4.69) is 27.4 Å². The van der Waals surface area contributed by atoms with E-state index in [1.807, 2.05) is 18.4 Å². The van der Waals surface area contributed by atoms with Crippen LogP contribution in [0.5, 0.6) is 0 Å². The molecule has 0 radical (unpaired) electrons. The molecule has 1 aromatic carbocycles. The topological polar surface area (TPSA) is 97.3 Å². The van der Waals surface area contributed by atoms with Crippen molar-refractivity contribution in [2.45, 2.75) is 69.9 Å². The quantitative estimate of drug-likeness (QED) is 0.184. The van der Waals surface area contributed by atoms with Gasteiger partial charge in [-0.1, -0.05) is 75.1 Å². The zero-order valence-electron chi connectivity index (χ0n) is 26.5. The highest BCUT2D eigenvalue weighted by molar-refractivity contribution is 7.10. The van der Waals surface area contributed by atoms with Crippen molar-refractivity contribution in [3.63, 3.8) is 0 Å². The number of carbonyl (C=O) groups is 2. The second-order valence-electron chi connectivity index (χ2n) is 13.1. The van der Waals surface area contributed by atoms with Crippen LogP contribution in [0.15, 0.2) is 65.7 Å². The predicted molar refractivity (Wildman–Crippen MR) is 179 cm³/mol. The molecule has 7 nitrogen and oxygen atoms in total. The van der Waals surface area contributed by atoms with Gasteiger partial charge in [-0.3, -0.25) is 15.0 Å². The molecule has 244 valence electrons. The number of rotatable bonds is 9. The number of hydrogen-bond donors (Lipinski definition) is 4. The molecule has 2 aromatic rings. The Morgan fingerprint density at radius 3 is 2.67 bits per heavy atom. The number of nitrogens with zero attached hydrogens (tertiary/aromatic N) is 1. The van der Waals surface area contributed by atoms with Gasteiger partial charge in [0.2, 0.25) is 11.8 Å². The summed E-state index contributed by atoms with van der Waals surface area (Å²) >= 11 is 1.52. The Morgan fingerprint density at radius 1 is 1.15 bits per heavy atom. The second-order valence-corrected chi connectivity index (χ2v) is 14.0. The number of hydrogen-bond acceptors (Lipinski definition) is 5. The van der Waals surface area contributed by atoms with Crippen LogP contribution >= 0.6 is 11.3 Å². The van der Waals surface area contributed by atoms with Crippen LogP contribution in [-0.2, 0) is 15.5 Å². The molecule has 1 saturated carbocycles. The standard InChI is InChI=1S/C36H43F2N5O2S/c1-21(18-41-34(44)24-13-14-30-28(15-24)27-11-7-8-12-29(27)36(30,37)38)43-19-25(23-9-5-4-6-10-23)16-31(43)35(45)42-22(2)32-17-26(20-46-32)33(39)40-3/h7-8,11-12,14-15,17,20,22-25,31H,1,4-6,9-10,13,16,18-19H2,2-3H3,(H2,39,40)(H,41,44)(H,42,45)/t22-,24?,25+,31+/m1/s1. The molecule has 3 aliphatic carbocycles. The maximum atomic E-state index is 15.0. The molecule has 4 aliphatic rings. The van der Waals surface area contributed by atoms with Crippen molar-refractivity contribution in [1.82, 2.24) is 20.9 Å². The number of amides is 2. The van der Waals surface area contributed by atoms with Gasteiger partial charge in [-0.2, -0.15) is 8.78 Å². The first kappa shape index (κ1) is 32.2. The van der Waals surface area contributed by atoms with E-state index in [0.29, 0.717) is 34.5 Å². The van der Waals surface area contributed by atoms with Gasteiger partial charge in [0.15, 0.2) is 0 Å². The molecule has 4 atom stereocenters. The van der Waals surface area contributed by atoms with Crippen molar-refractivity contribution >= 4 is 34.6 Å². The number of allylic oxidation sites excluding steroid dienone is 3. The largest absolute Gasteiger partial charge is 0.373 e. The zero-order chi connectivity index (χ0) is 32.6. The van der Waals surface area contributed by atoms with Crippen molar-refractivity contribution in [2.75, 3.05) is 20.1 Å². The molecule has 1 aliphatic heterocycles. The van der Waals surface area contributed by atoms with Crippen molar-refractivity contribution in [1.29, 1.82) is 5.41 Å². The van der Waals surface area contributed by atoms with Gasteiger partial charge >= 0.3 is 0 Å². The molecule has 6 rings (SSSR count). The van der Waals surface area contributed by atoms with Gasteiger partial charge < -0.3 is 20.9 Å². The first-order valence-electron chi connectivity index (χ1n) is 16.4. The molecule has 1 unspecified atom stereocenters. The number of halogens is 2. The van der Waals surface area contributed by atoms with Gasteiger partial charge in [0.1, 0.15) is 11.9 Å². The first-order valence-corrected chi connectivity index (χ1v) is 17.2. The highest BCUT2D eigenvalue weighted by atomic mass is 32.1. The molecule has 2 fully saturated rings. The van der Waals surface area contributed by atoms with Gasteiger partial charge in [-0.05, 0) is 48.8 Å². The SMILES string of the molecule is C=C(CNC(=O)C1C=C2C(=CC1)C(F)(F)c1ccccc12)N1C[C@@H](C2CCCCC2)C[C@H]1C(=O)N[C@H](C)c1cc(C(=N)NC)cs1. The molecule has 0 bridgehead atoms. The number of alkyl halides is 2. The Morgan fingerprint density at radius 2 is 1.91 bits per heavy atom. The van der Waals surface area contributed by atoms with Crippen LogP contribution in [0.2, 0.25) is 0 Å². The molecule has 2 amide bonds. The normalized spacial score (nSPS) is 24.3. The number of likely N-dealkylation sites (tertiary alicyclic amines) is 1. The van der Waals surface area contributed by atoms with Gasteiger partial charge in [-0.25, -0.2) is 0 Å². The van der Waals surface area contributed by atoms with Crippen molar-refractivity contribution in [2.24, 2.45) is 17.8 Å². The maximum absolute atomic E-state index is 15.0. The Hall–Kier alpha value is -3.79. The number of carbonyl (C=O) groups excluding carboxylic acids is 2. The summed E-state index contributed by atoms with van der Waals surface area (Å²) in [5.74, 6) is -2.65. The molecule has 46 heavy (non-hydrogen) atoms. The number of fused-ring (bicyclic) bond motifs is 3. The van der Waals surface area contributed by atoms with Gasteiger partial charge in [-0.15, -0.1) is 11.3 Å². The van der Waals surface area contributed by atoms with Crippen molar-refractivity contribution in [3.05, 3.63) is 87.3 Å². The van der Waals surface area contributed by atoms with E-state index in [0.717, 1.165) is 23.4 Å². The lowest BCUT2D eigenvalue weighted by molar-refractivity contribution is -0.125. The van der Waals surface area contributed by atoms with Crippen LogP contribution < -0.4 is 16.0 Å². The van der Waals surface area contributed by atoms with E-state index in [1.54, 1.807) is 31.3 Å². The number of benzene rings is 1. The van der Waals surface area contributed by atoms with Crippen LogP contribution in [0.3, 0.4) is 0 Å². The summed E-state index contributed by atoms with van der Waals surface area (Å²) in [4.78, 5) is 30.2. The third-order valence-electron chi connectivity index (χ3n) is 10.2. The van der Waals surface area contributed by atoms with E-state index in [-0.39, 0.29) is 42.0 Å². The summed E-state index contributed by atoms with van der Waals surface area (Å²) in [6.07, 6.45) is 10.2. The van der Waals surface area contributed by atoms with E-state index >= 15 is 8.78 Å². The zero-order valence-corrected chi connectivity index (χ0v) is 27.3. The van der Waals surface area contributed by atoms with Crippen LogP contribution in [0.25, 0.3) is 5.57 Å². The molecule has 0 spiro atoms. The lowest BCUT2D eigenvalue weighted by atomic mass is 9.79. The van der Waals surface area contributed by atoms with Crippen LogP contribution in [-0.4, -0.2) is 48.7 Å². The van der Waals surface area contributed by atoms with Crippen LogP contribution in [0.4, 0.5) is 8.78 Å². The van der Waals surface area contributed by atoms with E-state index in [4.69, 9.17) is 5.41 Å². The summed E-state index contributed by atoms with van der Waals surface area (Å²) < 4.78 is 30.1. The highest BCUT2D eigenvalue weighted by Gasteiger charge is 2.48. The van der Waals surface area contributed by atoms with Crippen LogP contribution in [0.1, 0.15) is 79.5 Å². The molecular weight excluding hydrogens is 604 g/mol. The Labute approximate surface area is 273 Å². The third-order valence-corrected chi connectivity index (χ3v) is 11.3. The number of nitrogens with one attached hydrogen (secondary N) is 4. The highest BCUT2D eigenvalue weighted by Crippen LogP contribution is 2.54. The fourth-order valence-electron chi connectivity index (χ4n) is 7.64. The summed E-state index contributed by atoms with van der Waals surface area (Å²) in [7, 11) is 1.71. The Balaban J connectivity index is 1.12. The van der Waals surface area contributed by atoms with E-state index in [1.165, 1.54) is 55.6 Å². The second kappa shape index (κ2) is 13.1. The lowest BCUT2D eigenvalue weighted by Gasteiger charge is -2.30. The Bertz CT molecular complexity index is 1590. The minimum Gasteiger partial charge on any atom is -0.373 e. The first-order chi connectivity index (χ1) is 22.1. The fraction of sp³-hybridized carbons (Fsp3) is 0.472. The molecule has 2 heterocycles. The molecule has 1 saturated heterocycles. The van der Waals surface area contributed by atoms with Gasteiger partial charge in [0, 0.05) is 46.2 Å². The summed E-state index contributed by atoms with van der Waals surface area (Å²) in [5.41, 5.74) is 2.35. The summed E-state index contributed by atoms with van der Waals surface area (Å²) in [6.45, 7) is 7.17. The molecule has 10 heteroatoms. The number of amidine groups is 1. The maximum Gasteiger partial charge on any atom is 0.299 e.